The largest absolute Gasteiger partial charge is 0.334 e. The van der Waals surface area contributed by atoms with Crippen LogP contribution in [0.4, 0.5) is 5.69 Å². The molecule has 0 atom stereocenters. The maximum atomic E-state index is 12.3. The van der Waals surface area contributed by atoms with E-state index in [1.807, 2.05) is 18.2 Å². The molecule has 1 aliphatic heterocycles. The molecule has 0 saturated carbocycles. The smallest absolute Gasteiger partial charge is 0.313 e. The number of likely N-dealkylation sites (tertiary alicyclic amines) is 1. The molecule has 0 unspecified atom stereocenters. The summed E-state index contributed by atoms with van der Waals surface area (Å²) in [7, 11) is 0. The maximum absolute atomic E-state index is 12.3. The van der Waals surface area contributed by atoms with Gasteiger partial charge in [0.1, 0.15) is 0 Å². The second-order valence-electron chi connectivity index (χ2n) is 6.39. The van der Waals surface area contributed by atoms with Crippen molar-refractivity contribution in [2.24, 2.45) is 5.92 Å². The van der Waals surface area contributed by atoms with Crippen LogP contribution in [0.15, 0.2) is 54.6 Å². The average molecular weight is 357 g/mol. The highest BCUT2D eigenvalue weighted by Crippen LogP contribution is 2.22. The molecular formula is C20H21ClN2O2. The molecule has 2 amide bonds. The summed E-state index contributed by atoms with van der Waals surface area (Å²) in [6.07, 6.45) is 2.87. The van der Waals surface area contributed by atoms with Crippen LogP contribution in [0, 0.1) is 5.92 Å². The minimum atomic E-state index is -0.608. The van der Waals surface area contributed by atoms with E-state index in [2.05, 4.69) is 17.4 Å². The molecule has 0 bridgehead atoms. The van der Waals surface area contributed by atoms with E-state index in [1.54, 1.807) is 29.2 Å². The Morgan fingerprint density at radius 3 is 2.44 bits per heavy atom. The van der Waals surface area contributed by atoms with Crippen molar-refractivity contribution in [1.29, 1.82) is 0 Å². The van der Waals surface area contributed by atoms with Crippen molar-refractivity contribution in [2.75, 3.05) is 18.4 Å². The van der Waals surface area contributed by atoms with E-state index in [-0.39, 0.29) is 0 Å². The van der Waals surface area contributed by atoms with Gasteiger partial charge in [-0.05, 0) is 48.9 Å². The van der Waals surface area contributed by atoms with Gasteiger partial charge in [-0.3, -0.25) is 9.59 Å². The number of carbonyl (C=O) groups excluding carboxylic acids is 2. The Bertz CT molecular complexity index is 740. The summed E-state index contributed by atoms with van der Waals surface area (Å²) in [5.41, 5.74) is 1.86. The predicted octanol–water partition coefficient (Wildman–Crippen LogP) is 3.76. The highest BCUT2D eigenvalue weighted by atomic mass is 35.5. The molecule has 0 radical (unpaired) electrons. The lowest BCUT2D eigenvalue weighted by Gasteiger charge is -2.31. The zero-order chi connectivity index (χ0) is 17.6. The third-order valence-electron chi connectivity index (χ3n) is 4.55. The number of nitrogens with one attached hydrogen (secondary N) is 1. The van der Waals surface area contributed by atoms with Crippen molar-refractivity contribution in [1.82, 2.24) is 4.90 Å². The van der Waals surface area contributed by atoms with Crippen molar-refractivity contribution in [3.8, 4) is 0 Å². The molecule has 4 nitrogen and oxygen atoms in total. The molecule has 25 heavy (non-hydrogen) atoms. The fourth-order valence-corrected chi connectivity index (χ4v) is 3.37. The monoisotopic (exact) mass is 356 g/mol. The Labute approximate surface area is 152 Å². The number of anilines is 1. The lowest BCUT2D eigenvalue weighted by atomic mass is 9.90. The van der Waals surface area contributed by atoms with Crippen LogP contribution in [0.2, 0.25) is 5.02 Å². The number of carbonyl (C=O) groups is 2. The summed E-state index contributed by atoms with van der Waals surface area (Å²) in [5, 5.41) is 3.14. The number of nitrogens with zero attached hydrogens (tertiary/aromatic N) is 1. The Morgan fingerprint density at radius 2 is 1.76 bits per heavy atom. The molecule has 0 spiro atoms. The minimum Gasteiger partial charge on any atom is -0.334 e. The van der Waals surface area contributed by atoms with Gasteiger partial charge in [0.25, 0.3) is 0 Å². The highest BCUT2D eigenvalue weighted by molar-refractivity contribution is 6.39. The topological polar surface area (TPSA) is 49.4 Å². The molecule has 1 aliphatic rings. The Balaban J connectivity index is 1.50. The van der Waals surface area contributed by atoms with E-state index in [1.165, 1.54) is 5.56 Å². The summed E-state index contributed by atoms with van der Waals surface area (Å²) < 4.78 is 0. The first-order valence-electron chi connectivity index (χ1n) is 8.51. The fourth-order valence-electron chi connectivity index (χ4n) is 3.18. The first-order chi connectivity index (χ1) is 12.1. The van der Waals surface area contributed by atoms with Gasteiger partial charge in [0.15, 0.2) is 0 Å². The van der Waals surface area contributed by atoms with Gasteiger partial charge >= 0.3 is 11.8 Å². The normalized spacial score (nSPS) is 15.0. The molecule has 2 aromatic carbocycles. The zero-order valence-corrected chi connectivity index (χ0v) is 14.7. The van der Waals surface area contributed by atoms with Gasteiger partial charge in [-0.25, -0.2) is 0 Å². The van der Waals surface area contributed by atoms with Gasteiger partial charge < -0.3 is 10.2 Å². The molecule has 3 rings (SSSR count). The summed E-state index contributed by atoms with van der Waals surface area (Å²) in [6.45, 7) is 1.25. The molecule has 2 aromatic rings. The summed E-state index contributed by atoms with van der Waals surface area (Å²) >= 11 is 5.89. The van der Waals surface area contributed by atoms with Crippen LogP contribution in [0.5, 0.6) is 0 Å². The van der Waals surface area contributed by atoms with Gasteiger partial charge in [0, 0.05) is 23.8 Å². The predicted molar refractivity (Wildman–Crippen MR) is 99.5 cm³/mol. The number of piperidine rings is 1. The van der Waals surface area contributed by atoms with Crippen molar-refractivity contribution < 1.29 is 9.59 Å². The second-order valence-corrected chi connectivity index (χ2v) is 6.83. The quantitative estimate of drug-likeness (QED) is 0.851. The molecule has 1 saturated heterocycles. The number of halogens is 1. The van der Waals surface area contributed by atoms with E-state index >= 15 is 0 Å². The summed E-state index contributed by atoms with van der Waals surface area (Å²) in [6, 6.07) is 17.2. The van der Waals surface area contributed by atoms with Crippen molar-refractivity contribution in [2.45, 2.75) is 19.3 Å². The third-order valence-corrected chi connectivity index (χ3v) is 4.78. The number of benzene rings is 2. The van der Waals surface area contributed by atoms with Crippen LogP contribution in [0.25, 0.3) is 0 Å². The van der Waals surface area contributed by atoms with Gasteiger partial charge in [-0.1, -0.05) is 48.0 Å². The van der Waals surface area contributed by atoms with E-state index in [4.69, 9.17) is 11.6 Å². The molecule has 0 aromatic heterocycles. The van der Waals surface area contributed by atoms with E-state index in [9.17, 15) is 9.59 Å². The average Bonchev–Trinajstić information content (AvgIpc) is 2.62. The first kappa shape index (κ1) is 17.5. The van der Waals surface area contributed by atoms with Crippen LogP contribution in [0.3, 0.4) is 0 Å². The molecule has 1 fully saturated rings. The van der Waals surface area contributed by atoms with Crippen LogP contribution >= 0.6 is 11.6 Å². The molecule has 0 aliphatic carbocycles. The van der Waals surface area contributed by atoms with Crippen LogP contribution in [0.1, 0.15) is 18.4 Å². The van der Waals surface area contributed by atoms with Crippen molar-refractivity contribution >= 4 is 29.1 Å². The Hall–Kier alpha value is -2.33. The molecule has 5 heteroatoms. The van der Waals surface area contributed by atoms with Gasteiger partial charge in [-0.2, -0.15) is 0 Å². The molecule has 1 N–H and O–H groups in total. The maximum Gasteiger partial charge on any atom is 0.313 e. The third kappa shape index (κ3) is 4.83. The SMILES string of the molecule is O=C(Nc1cccc(Cl)c1)C(=O)N1CCC(Cc2ccccc2)CC1. The van der Waals surface area contributed by atoms with Gasteiger partial charge in [0.05, 0.1) is 0 Å². The lowest BCUT2D eigenvalue weighted by Crippen LogP contribution is -2.44. The molecule has 130 valence electrons. The number of amides is 2. The van der Waals surface area contributed by atoms with Gasteiger partial charge in [-0.15, -0.1) is 0 Å². The van der Waals surface area contributed by atoms with Crippen LogP contribution < -0.4 is 5.32 Å². The Morgan fingerprint density at radius 1 is 1.04 bits per heavy atom. The number of rotatable bonds is 3. The minimum absolute atomic E-state index is 0.474. The summed E-state index contributed by atoms with van der Waals surface area (Å²) in [4.78, 5) is 26.1. The fraction of sp³-hybridized carbons (Fsp3) is 0.300. The molecular weight excluding hydrogens is 336 g/mol. The lowest BCUT2D eigenvalue weighted by molar-refractivity contribution is -0.144. The van der Waals surface area contributed by atoms with Crippen molar-refractivity contribution in [3.05, 3.63) is 65.2 Å². The Kier molecular flexibility index (Phi) is 5.71. The summed E-state index contributed by atoms with van der Waals surface area (Å²) in [5.74, 6) is -0.524. The standard InChI is InChI=1S/C20H21ClN2O2/c21-17-7-4-8-18(14-17)22-19(24)20(25)23-11-9-16(10-12-23)13-15-5-2-1-3-6-15/h1-8,14,16H,9-13H2,(H,22,24). The van der Waals surface area contributed by atoms with Gasteiger partial charge in [0.2, 0.25) is 0 Å². The highest BCUT2D eigenvalue weighted by Gasteiger charge is 2.27. The second kappa shape index (κ2) is 8.17. The van der Waals surface area contributed by atoms with E-state index < -0.39 is 11.8 Å². The van der Waals surface area contributed by atoms with Crippen LogP contribution in [-0.2, 0) is 16.0 Å². The number of hydrogen-bond acceptors (Lipinski definition) is 2. The first-order valence-corrected chi connectivity index (χ1v) is 8.89. The van der Waals surface area contributed by atoms with Crippen LogP contribution in [-0.4, -0.2) is 29.8 Å². The van der Waals surface area contributed by atoms with E-state index in [0.717, 1.165) is 19.3 Å². The molecule has 1 heterocycles. The van der Waals surface area contributed by atoms with Crippen molar-refractivity contribution in [3.63, 3.8) is 0 Å². The van der Waals surface area contributed by atoms with E-state index in [0.29, 0.717) is 29.7 Å². The number of hydrogen-bond donors (Lipinski definition) is 1. The zero-order valence-electron chi connectivity index (χ0n) is 14.0.